The van der Waals surface area contributed by atoms with E-state index in [1.54, 1.807) is 0 Å². The smallest absolute Gasteiger partial charge is 0.254 e. The molecule has 1 aromatic heterocycles. The highest BCUT2D eigenvalue weighted by molar-refractivity contribution is 6.36. The van der Waals surface area contributed by atoms with Gasteiger partial charge in [-0.2, -0.15) is 0 Å². The van der Waals surface area contributed by atoms with E-state index in [0.717, 1.165) is 66.0 Å². The number of carbonyl (C=O) groups excluding carboxylic acids is 1. The molecule has 1 N–H and O–H groups in total. The normalized spacial score (nSPS) is 25.2. The van der Waals surface area contributed by atoms with Crippen molar-refractivity contribution in [1.29, 1.82) is 0 Å². The Morgan fingerprint density at radius 2 is 1.92 bits per heavy atom. The van der Waals surface area contributed by atoms with Gasteiger partial charge in [-0.3, -0.25) is 9.78 Å². The van der Waals surface area contributed by atoms with Gasteiger partial charge < -0.3 is 10.2 Å². The molecule has 4 nitrogen and oxygen atoms in total. The van der Waals surface area contributed by atoms with Crippen LogP contribution in [-0.4, -0.2) is 41.0 Å². The molecule has 0 saturated carbocycles. The number of pyridine rings is 1. The van der Waals surface area contributed by atoms with Gasteiger partial charge in [-0.15, -0.1) is 0 Å². The molecule has 2 saturated heterocycles. The number of rotatable bonds is 1. The van der Waals surface area contributed by atoms with Crippen LogP contribution in [0.2, 0.25) is 5.02 Å². The number of aryl methyl sites for hydroxylation is 1. The minimum Gasteiger partial charge on any atom is -0.330 e. The van der Waals surface area contributed by atoms with Crippen LogP contribution in [-0.2, 0) is 12.8 Å². The summed E-state index contributed by atoms with van der Waals surface area (Å²) in [6.45, 7) is 1.82. The summed E-state index contributed by atoms with van der Waals surface area (Å²) in [6.07, 6.45) is 6.57. The highest BCUT2D eigenvalue weighted by atomic mass is 35.5. The number of hydrogen-bond acceptors (Lipinski definition) is 3. The summed E-state index contributed by atoms with van der Waals surface area (Å²) in [5, 5.41) is 5.24. The maximum atomic E-state index is 13.1. The van der Waals surface area contributed by atoms with Crippen molar-refractivity contribution in [2.24, 2.45) is 0 Å². The van der Waals surface area contributed by atoms with Crippen LogP contribution in [0.15, 0.2) is 18.2 Å². The van der Waals surface area contributed by atoms with Crippen LogP contribution in [0.25, 0.3) is 10.9 Å². The van der Waals surface area contributed by atoms with Crippen molar-refractivity contribution in [3.05, 3.63) is 40.0 Å². The quantitative estimate of drug-likeness (QED) is 0.853. The molecule has 2 atom stereocenters. The minimum atomic E-state index is 0.145. The lowest BCUT2D eigenvalue weighted by molar-refractivity contribution is 0.0619. The van der Waals surface area contributed by atoms with Gasteiger partial charge in [-0.1, -0.05) is 17.7 Å². The monoisotopic (exact) mass is 355 g/mol. The molecule has 25 heavy (non-hydrogen) atoms. The number of benzene rings is 1. The van der Waals surface area contributed by atoms with Gasteiger partial charge in [0.15, 0.2) is 0 Å². The van der Waals surface area contributed by atoms with E-state index in [0.29, 0.717) is 12.1 Å². The highest BCUT2D eigenvalue weighted by Crippen LogP contribution is 2.34. The Bertz CT molecular complexity index is 850. The predicted octanol–water partition coefficient (Wildman–Crippen LogP) is 3.34. The molecule has 5 rings (SSSR count). The first-order valence-corrected chi connectivity index (χ1v) is 9.74. The molecule has 130 valence electrons. The van der Waals surface area contributed by atoms with E-state index >= 15 is 0 Å². The largest absolute Gasteiger partial charge is 0.330 e. The van der Waals surface area contributed by atoms with Crippen molar-refractivity contribution in [1.82, 2.24) is 15.2 Å². The number of carbonyl (C=O) groups is 1. The van der Waals surface area contributed by atoms with Gasteiger partial charge >= 0.3 is 0 Å². The van der Waals surface area contributed by atoms with Crippen LogP contribution in [0.3, 0.4) is 0 Å². The van der Waals surface area contributed by atoms with Gasteiger partial charge in [0, 0.05) is 41.8 Å². The standard InChI is InChI=1S/C20H22ClN3O/c21-19-15-3-1-2-4-17(15)23-18-9-12(5-8-16(18)19)20(25)24-13-6-7-14(24)11-22-10-13/h5,8-9,13-14,22H,1-4,6-7,10-11H2. The lowest BCUT2D eigenvalue weighted by Gasteiger charge is -2.35. The number of nitrogens with zero attached hydrogens (tertiary/aromatic N) is 2. The number of hydrogen-bond donors (Lipinski definition) is 1. The Hall–Kier alpha value is -1.65. The fraction of sp³-hybridized carbons (Fsp3) is 0.500. The third-order valence-electron chi connectivity index (χ3n) is 6.05. The van der Waals surface area contributed by atoms with Crippen molar-refractivity contribution in [3.8, 4) is 0 Å². The topological polar surface area (TPSA) is 45.2 Å². The van der Waals surface area contributed by atoms with Gasteiger partial charge in [-0.25, -0.2) is 0 Å². The third-order valence-corrected chi connectivity index (χ3v) is 6.49. The number of nitrogens with one attached hydrogen (secondary N) is 1. The summed E-state index contributed by atoms with van der Waals surface area (Å²) in [7, 11) is 0. The summed E-state index contributed by atoms with van der Waals surface area (Å²) in [5.74, 6) is 0.145. The molecule has 2 aromatic rings. The maximum Gasteiger partial charge on any atom is 0.254 e. The first kappa shape index (κ1) is 15.6. The van der Waals surface area contributed by atoms with Crippen molar-refractivity contribution < 1.29 is 4.79 Å². The molecule has 5 heteroatoms. The summed E-state index contributed by atoms with van der Waals surface area (Å²) >= 11 is 6.65. The summed E-state index contributed by atoms with van der Waals surface area (Å²) < 4.78 is 0. The average molecular weight is 356 g/mol. The van der Waals surface area contributed by atoms with E-state index in [4.69, 9.17) is 16.6 Å². The Labute approximate surface area is 152 Å². The fourth-order valence-electron chi connectivity index (χ4n) is 4.76. The van der Waals surface area contributed by atoms with Gasteiger partial charge in [0.1, 0.15) is 0 Å². The van der Waals surface area contributed by atoms with E-state index in [2.05, 4.69) is 10.2 Å². The number of halogens is 1. The summed E-state index contributed by atoms with van der Waals surface area (Å²) in [4.78, 5) is 20.1. The van der Waals surface area contributed by atoms with E-state index in [1.807, 2.05) is 18.2 Å². The summed E-state index contributed by atoms with van der Waals surface area (Å²) in [6, 6.07) is 6.52. The first-order chi connectivity index (χ1) is 12.2. The molecule has 2 bridgehead atoms. The molecule has 0 radical (unpaired) electrons. The average Bonchev–Trinajstić information content (AvgIpc) is 2.89. The minimum absolute atomic E-state index is 0.145. The van der Waals surface area contributed by atoms with Gasteiger partial charge in [-0.05, 0) is 56.2 Å². The molecule has 3 aliphatic rings. The number of aromatic nitrogens is 1. The number of amides is 1. The Morgan fingerprint density at radius 3 is 2.72 bits per heavy atom. The molecule has 1 amide bonds. The van der Waals surface area contributed by atoms with Crippen LogP contribution in [0.5, 0.6) is 0 Å². The highest BCUT2D eigenvalue weighted by Gasteiger charge is 2.39. The van der Waals surface area contributed by atoms with Crippen molar-refractivity contribution in [2.75, 3.05) is 13.1 Å². The second kappa shape index (κ2) is 5.96. The molecule has 2 aliphatic heterocycles. The zero-order valence-corrected chi connectivity index (χ0v) is 15.0. The zero-order chi connectivity index (χ0) is 17.0. The van der Waals surface area contributed by atoms with Crippen molar-refractivity contribution in [2.45, 2.75) is 50.6 Å². The zero-order valence-electron chi connectivity index (χ0n) is 14.2. The van der Waals surface area contributed by atoms with E-state index in [-0.39, 0.29) is 5.91 Å². The van der Waals surface area contributed by atoms with Crippen LogP contribution in [0.4, 0.5) is 0 Å². The lowest BCUT2D eigenvalue weighted by Crippen LogP contribution is -2.54. The van der Waals surface area contributed by atoms with E-state index in [9.17, 15) is 4.79 Å². The molecule has 0 spiro atoms. The van der Waals surface area contributed by atoms with Crippen LogP contribution in [0.1, 0.15) is 47.3 Å². The molecule has 1 aliphatic carbocycles. The van der Waals surface area contributed by atoms with Crippen molar-refractivity contribution in [3.63, 3.8) is 0 Å². The fourth-order valence-corrected chi connectivity index (χ4v) is 5.12. The van der Waals surface area contributed by atoms with E-state index in [1.165, 1.54) is 18.4 Å². The molecule has 2 fully saturated rings. The number of piperazine rings is 1. The second-order valence-electron chi connectivity index (χ2n) is 7.55. The van der Waals surface area contributed by atoms with Crippen LogP contribution < -0.4 is 5.32 Å². The van der Waals surface area contributed by atoms with E-state index < -0.39 is 0 Å². The molecule has 1 aromatic carbocycles. The van der Waals surface area contributed by atoms with Gasteiger partial charge in [0.2, 0.25) is 0 Å². The third kappa shape index (κ3) is 2.46. The van der Waals surface area contributed by atoms with Crippen molar-refractivity contribution >= 4 is 28.4 Å². The first-order valence-electron chi connectivity index (χ1n) is 9.37. The lowest BCUT2D eigenvalue weighted by atomic mass is 9.94. The Morgan fingerprint density at radius 1 is 1.16 bits per heavy atom. The predicted molar refractivity (Wildman–Crippen MR) is 99.2 cm³/mol. The molecule has 3 heterocycles. The van der Waals surface area contributed by atoms with Crippen LogP contribution >= 0.6 is 11.6 Å². The molecular weight excluding hydrogens is 334 g/mol. The maximum absolute atomic E-state index is 13.1. The SMILES string of the molecule is O=C(c1ccc2c(Cl)c3c(nc2c1)CCCC3)N1C2CCC1CNC2. The second-order valence-corrected chi connectivity index (χ2v) is 7.92. The molecule has 2 unspecified atom stereocenters. The summed E-state index contributed by atoms with van der Waals surface area (Å²) in [5.41, 5.74) is 3.93. The van der Waals surface area contributed by atoms with Gasteiger partial charge in [0.25, 0.3) is 5.91 Å². The Balaban J connectivity index is 1.55. The molecular formula is C20H22ClN3O. The van der Waals surface area contributed by atoms with Crippen LogP contribution in [0, 0.1) is 0 Å². The number of fused-ring (bicyclic) bond motifs is 4. The van der Waals surface area contributed by atoms with Gasteiger partial charge in [0.05, 0.1) is 10.5 Å². The Kier molecular flexibility index (Phi) is 3.72.